The molecule has 0 saturated carbocycles. The maximum atomic E-state index is 12.4. The summed E-state index contributed by atoms with van der Waals surface area (Å²) in [7, 11) is 0. The normalized spacial score (nSPS) is 15.2. The second-order valence-electron chi connectivity index (χ2n) is 7.15. The van der Waals surface area contributed by atoms with Gasteiger partial charge >= 0.3 is 5.76 Å². The van der Waals surface area contributed by atoms with Crippen molar-refractivity contribution in [3.63, 3.8) is 0 Å². The van der Waals surface area contributed by atoms with E-state index in [-0.39, 0.29) is 25.0 Å². The lowest BCUT2D eigenvalue weighted by Crippen LogP contribution is -2.26. The van der Waals surface area contributed by atoms with Crippen molar-refractivity contribution in [3.8, 4) is 11.5 Å². The van der Waals surface area contributed by atoms with Crippen molar-refractivity contribution in [2.75, 3.05) is 6.61 Å². The predicted molar refractivity (Wildman–Crippen MR) is 108 cm³/mol. The number of aromatic nitrogens is 1. The van der Waals surface area contributed by atoms with Gasteiger partial charge in [0.05, 0.1) is 12.1 Å². The summed E-state index contributed by atoms with van der Waals surface area (Å²) in [6, 6.07) is 11.1. The van der Waals surface area contributed by atoms with E-state index in [1.807, 2.05) is 32.0 Å². The summed E-state index contributed by atoms with van der Waals surface area (Å²) in [5.74, 6) is 1.00. The molecule has 1 atom stereocenters. The van der Waals surface area contributed by atoms with E-state index in [0.717, 1.165) is 29.0 Å². The van der Waals surface area contributed by atoms with Gasteiger partial charge in [0.1, 0.15) is 17.6 Å². The zero-order valence-electron chi connectivity index (χ0n) is 16.6. The molecule has 0 aliphatic carbocycles. The summed E-state index contributed by atoms with van der Waals surface area (Å²) < 4.78 is 18.2. The Morgan fingerprint density at radius 3 is 2.97 bits per heavy atom. The van der Waals surface area contributed by atoms with E-state index in [4.69, 9.17) is 13.9 Å². The number of carbonyl (C=O) groups excluding carboxylic acids is 1. The monoisotopic (exact) mass is 396 g/mol. The van der Waals surface area contributed by atoms with Crippen LogP contribution in [0.15, 0.2) is 45.6 Å². The van der Waals surface area contributed by atoms with Crippen molar-refractivity contribution in [2.24, 2.45) is 0 Å². The number of para-hydroxylation sites is 2. The average Bonchev–Trinajstić information content (AvgIpc) is 3.22. The Morgan fingerprint density at radius 2 is 2.14 bits per heavy atom. The molecule has 1 amide bonds. The highest BCUT2D eigenvalue weighted by molar-refractivity contribution is 5.77. The zero-order chi connectivity index (χ0) is 20.4. The van der Waals surface area contributed by atoms with Gasteiger partial charge < -0.3 is 19.2 Å². The molecule has 3 aromatic rings. The standard InChI is InChI=1S/C22H24N2O5/c1-3-27-19-11-15-10-14(2)28-20(15)12-16(19)13-23-21(25)8-9-24-17-6-4-5-7-18(17)29-22(24)26/h4-7,11-12,14H,3,8-10,13H2,1-2H3,(H,23,25)/t14-/m0/s1. The van der Waals surface area contributed by atoms with Crippen LogP contribution in [-0.4, -0.2) is 23.2 Å². The first kappa shape index (κ1) is 19.1. The lowest BCUT2D eigenvalue weighted by atomic mass is 10.1. The molecule has 0 fully saturated rings. The maximum Gasteiger partial charge on any atom is 0.419 e. The second-order valence-corrected chi connectivity index (χ2v) is 7.15. The van der Waals surface area contributed by atoms with Gasteiger partial charge in [-0.15, -0.1) is 0 Å². The first-order valence-electron chi connectivity index (χ1n) is 9.85. The molecule has 0 spiro atoms. The van der Waals surface area contributed by atoms with E-state index in [2.05, 4.69) is 5.32 Å². The summed E-state index contributed by atoms with van der Waals surface area (Å²) in [5, 5.41) is 2.91. The Labute approximate surface area is 168 Å². The van der Waals surface area contributed by atoms with E-state index in [1.54, 1.807) is 18.2 Å². The van der Waals surface area contributed by atoms with Crippen LogP contribution in [-0.2, 0) is 24.3 Å². The highest BCUT2D eigenvalue weighted by Gasteiger charge is 2.22. The minimum atomic E-state index is -0.456. The number of carbonyl (C=O) groups is 1. The number of hydrogen-bond donors (Lipinski definition) is 1. The molecule has 7 nitrogen and oxygen atoms in total. The van der Waals surface area contributed by atoms with Crippen LogP contribution < -0.4 is 20.5 Å². The van der Waals surface area contributed by atoms with E-state index in [9.17, 15) is 9.59 Å². The number of rotatable bonds is 7. The first-order valence-corrected chi connectivity index (χ1v) is 9.85. The number of nitrogens with zero attached hydrogens (tertiary/aromatic N) is 1. The predicted octanol–water partition coefficient (Wildman–Crippen LogP) is 3.02. The van der Waals surface area contributed by atoms with Gasteiger partial charge in [-0.3, -0.25) is 9.36 Å². The number of hydrogen-bond acceptors (Lipinski definition) is 5. The highest BCUT2D eigenvalue weighted by Crippen LogP contribution is 2.35. The summed E-state index contributed by atoms with van der Waals surface area (Å²) in [6.07, 6.45) is 1.17. The van der Waals surface area contributed by atoms with Gasteiger partial charge in [-0.2, -0.15) is 0 Å². The third-order valence-electron chi connectivity index (χ3n) is 4.99. The average molecular weight is 396 g/mol. The van der Waals surface area contributed by atoms with Crippen molar-refractivity contribution in [1.82, 2.24) is 9.88 Å². The van der Waals surface area contributed by atoms with Crippen LogP contribution in [0.5, 0.6) is 11.5 Å². The van der Waals surface area contributed by atoms with E-state index < -0.39 is 5.76 Å². The number of nitrogens with one attached hydrogen (secondary N) is 1. The fourth-order valence-electron chi connectivity index (χ4n) is 3.63. The summed E-state index contributed by atoms with van der Waals surface area (Å²) in [5.41, 5.74) is 3.21. The molecule has 0 radical (unpaired) electrons. The van der Waals surface area contributed by atoms with Crippen LogP contribution in [0.1, 0.15) is 31.4 Å². The molecule has 1 aromatic heterocycles. The van der Waals surface area contributed by atoms with Crippen LogP contribution in [0, 0.1) is 0 Å². The summed E-state index contributed by atoms with van der Waals surface area (Å²) >= 11 is 0. The number of fused-ring (bicyclic) bond motifs is 2. The molecule has 0 saturated heterocycles. The molecule has 2 aromatic carbocycles. The van der Waals surface area contributed by atoms with Gasteiger partial charge in [0.25, 0.3) is 0 Å². The third-order valence-corrected chi connectivity index (χ3v) is 4.99. The molecule has 4 rings (SSSR count). The summed E-state index contributed by atoms with van der Waals surface area (Å²) in [6.45, 7) is 5.10. The smallest absolute Gasteiger partial charge is 0.419 e. The Hall–Kier alpha value is -3.22. The molecule has 2 heterocycles. The van der Waals surface area contributed by atoms with Crippen molar-refractivity contribution < 1.29 is 18.7 Å². The minimum Gasteiger partial charge on any atom is -0.494 e. The van der Waals surface area contributed by atoms with Gasteiger partial charge in [0.15, 0.2) is 5.58 Å². The Balaban J connectivity index is 1.41. The van der Waals surface area contributed by atoms with E-state index >= 15 is 0 Å². The minimum absolute atomic E-state index is 0.146. The quantitative estimate of drug-likeness (QED) is 0.664. The van der Waals surface area contributed by atoms with Crippen LogP contribution in [0.3, 0.4) is 0 Å². The largest absolute Gasteiger partial charge is 0.494 e. The SMILES string of the molecule is CCOc1cc2c(cc1CNC(=O)CCn1c(=O)oc3ccccc31)O[C@@H](C)C2. The highest BCUT2D eigenvalue weighted by atomic mass is 16.5. The lowest BCUT2D eigenvalue weighted by Gasteiger charge is -2.13. The fourth-order valence-corrected chi connectivity index (χ4v) is 3.63. The first-order chi connectivity index (χ1) is 14.0. The molecule has 152 valence electrons. The molecule has 29 heavy (non-hydrogen) atoms. The Kier molecular flexibility index (Phi) is 5.29. The van der Waals surface area contributed by atoms with Gasteiger partial charge in [0, 0.05) is 37.1 Å². The molecule has 1 aliphatic heterocycles. The number of amides is 1. The van der Waals surface area contributed by atoms with Gasteiger partial charge in [-0.1, -0.05) is 12.1 Å². The van der Waals surface area contributed by atoms with Crippen molar-refractivity contribution in [2.45, 2.75) is 45.9 Å². The maximum absolute atomic E-state index is 12.4. The van der Waals surface area contributed by atoms with Crippen LogP contribution in [0.25, 0.3) is 11.1 Å². The van der Waals surface area contributed by atoms with Crippen molar-refractivity contribution in [1.29, 1.82) is 0 Å². The molecular weight excluding hydrogens is 372 g/mol. The topological polar surface area (TPSA) is 82.7 Å². The van der Waals surface area contributed by atoms with Crippen LogP contribution >= 0.6 is 0 Å². The van der Waals surface area contributed by atoms with E-state index in [1.165, 1.54) is 4.57 Å². The third kappa shape index (κ3) is 3.99. The van der Waals surface area contributed by atoms with Crippen LogP contribution in [0.4, 0.5) is 0 Å². The molecule has 7 heteroatoms. The lowest BCUT2D eigenvalue weighted by molar-refractivity contribution is -0.121. The Morgan fingerprint density at radius 1 is 1.31 bits per heavy atom. The summed E-state index contributed by atoms with van der Waals surface area (Å²) in [4.78, 5) is 24.4. The number of ether oxygens (including phenoxy) is 2. The van der Waals surface area contributed by atoms with E-state index in [0.29, 0.717) is 24.3 Å². The van der Waals surface area contributed by atoms with Gasteiger partial charge in [0.2, 0.25) is 5.91 Å². The fraction of sp³-hybridized carbons (Fsp3) is 0.364. The van der Waals surface area contributed by atoms with Gasteiger partial charge in [-0.25, -0.2) is 4.79 Å². The van der Waals surface area contributed by atoms with Crippen molar-refractivity contribution >= 4 is 17.0 Å². The molecule has 0 bridgehead atoms. The molecular formula is C22H24N2O5. The van der Waals surface area contributed by atoms with Crippen molar-refractivity contribution in [3.05, 3.63) is 58.1 Å². The molecule has 1 N–H and O–H groups in total. The van der Waals surface area contributed by atoms with Gasteiger partial charge in [-0.05, 0) is 38.1 Å². The van der Waals surface area contributed by atoms with Crippen LogP contribution in [0.2, 0.25) is 0 Å². The number of benzene rings is 2. The Bertz CT molecular complexity index is 1100. The molecule has 0 unspecified atom stereocenters. The zero-order valence-corrected chi connectivity index (χ0v) is 16.6. The number of oxazole rings is 1. The molecule has 1 aliphatic rings. The second kappa shape index (κ2) is 8.03. The number of aryl methyl sites for hydroxylation is 1.